The SMILES string of the molecule is Cc1noc(C(C)N(C)C(=O)c2ccc(-c3cccc(N(C)C)c3)cc2)n1. The number of carbonyl (C=O) groups excluding carboxylic acids is 1. The highest BCUT2D eigenvalue weighted by molar-refractivity contribution is 5.94. The molecule has 1 unspecified atom stereocenters. The Bertz CT molecular complexity index is 931. The largest absolute Gasteiger partial charge is 0.378 e. The minimum Gasteiger partial charge on any atom is -0.378 e. The van der Waals surface area contributed by atoms with Crippen molar-refractivity contribution < 1.29 is 9.32 Å². The Morgan fingerprint density at radius 2 is 1.74 bits per heavy atom. The molecule has 0 radical (unpaired) electrons. The van der Waals surface area contributed by atoms with E-state index in [4.69, 9.17) is 4.52 Å². The van der Waals surface area contributed by atoms with Crippen molar-refractivity contribution in [1.29, 1.82) is 0 Å². The Labute approximate surface area is 159 Å². The molecule has 6 heteroatoms. The molecule has 1 heterocycles. The molecule has 1 atom stereocenters. The third kappa shape index (κ3) is 4.00. The molecule has 0 N–H and O–H groups in total. The van der Waals surface area contributed by atoms with Gasteiger partial charge in [0, 0.05) is 32.4 Å². The van der Waals surface area contributed by atoms with Crippen LogP contribution >= 0.6 is 0 Å². The first kappa shape index (κ1) is 18.6. The molecule has 0 aliphatic carbocycles. The van der Waals surface area contributed by atoms with E-state index in [0.29, 0.717) is 17.3 Å². The van der Waals surface area contributed by atoms with E-state index in [2.05, 4.69) is 33.2 Å². The second-order valence-corrected chi connectivity index (χ2v) is 6.79. The number of nitrogens with zero attached hydrogens (tertiary/aromatic N) is 4. The average Bonchev–Trinajstić information content (AvgIpc) is 3.12. The van der Waals surface area contributed by atoms with Crippen molar-refractivity contribution in [3.63, 3.8) is 0 Å². The molecule has 1 amide bonds. The average molecular weight is 364 g/mol. The zero-order valence-corrected chi connectivity index (χ0v) is 16.3. The topological polar surface area (TPSA) is 62.5 Å². The predicted molar refractivity (Wildman–Crippen MR) is 106 cm³/mol. The second-order valence-electron chi connectivity index (χ2n) is 6.79. The van der Waals surface area contributed by atoms with E-state index in [1.807, 2.05) is 51.4 Å². The summed E-state index contributed by atoms with van der Waals surface area (Å²) in [5.74, 6) is 0.898. The van der Waals surface area contributed by atoms with Crippen LogP contribution < -0.4 is 4.90 Å². The summed E-state index contributed by atoms with van der Waals surface area (Å²) in [6.45, 7) is 3.62. The summed E-state index contributed by atoms with van der Waals surface area (Å²) >= 11 is 0. The number of benzene rings is 2. The van der Waals surface area contributed by atoms with Gasteiger partial charge >= 0.3 is 0 Å². The molecule has 0 saturated carbocycles. The number of carbonyl (C=O) groups is 1. The standard InChI is InChI=1S/C21H24N4O2/c1-14(20-22-15(2)23-27-20)25(5)21(26)17-11-9-16(10-12-17)18-7-6-8-19(13-18)24(3)4/h6-14H,1-5H3. The normalized spacial score (nSPS) is 11.9. The highest BCUT2D eigenvalue weighted by atomic mass is 16.5. The van der Waals surface area contributed by atoms with Crippen LogP contribution in [0.1, 0.15) is 35.0 Å². The van der Waals surface area contributed by atoms with Gasteiger partial charge in [0.25, 0.3) is 5.91 Å². The number of aromatic nitrogens is 2. The van der Waals surface area contributed by atoms with Gasteiger partial charge in [0.1, 0.15) is 6.04 Å². The van der Waals surface area contributed by atoms with E-state index in [-0.39, 0.29) is 11.9 Å². The van der Waals surface area contributed by atoms with E-state index in [1.165, 1.54) is 0 Å². The maximum atomic E-state index is 12.8. The zero-order valence-electron chi connectivity index (χ0n) is 16.3. The summed E-state index contributed by atoms with van der Waals surface area (Å²) in [5.41, 5.74) is 3.94. The van der Waals surface area contributed by atoms with Crippen molar-refractivity contribution in [1.82, 2.24) is 15.0 Å². The molecule has 27 heavy (non-hydrogen) atoms. The van der Waals surface area contributed by atoms with Crippen molar-refractivity contribution in [3.8, 4) is 11.1 Å². The Kier molecular flexibility index (Phi) is 5.26. The van der Waals surface area contributed by atoms with Crippen LogP contribution in [0.4, 0.5) is 5.69 Å². The monoisotopic (exact) mass is 364 g/mol. The molecule has 0 aliphatic rings. The van der Waals surface area contributed by atoms with Gasteiger partial charge in [0.15, 0.2) is 5.82 Å². The van der Waals surface area contributed by atoms with Crippen LogP contribution in [0.5, 0.6) is 0 Å². The molecule has 1 aromatic heterocycles. The fourth-order valence-electron chi connectivity index (χ4n) is 2.80. The van der Waals surface area contributed by atoms with E-state index in [0.717, 1.165) is 16.8 Å². The van der Waals surface area contributed by atoms with Crippen molar-refractivity contribution >= 4 is 11.6 Å². The van der Waals surface area contributed by atoms with Crippen LogP contribution in [0.15, 0.2) is 53.1 Å². The fourth-order valence-corrected chi connectivity index (χ4v) is 2.80. The maximum absolute atomic E-state index is 12.8. The number of hydrogen-bond acceptors (Lipinski definition) is 5. The minimum atomic E-state index is -0.296. The summed E-state index contributed by atoms with van der Waals surface area (Å²) < 4.78 is 5.18. The molecule has 0 aliphatic heterocycles. The molecule has 3 aromatic rings. The zero-order chi connectivity index (χ0) is 19.6. The molecule has 2 aromatic carbocycles. The van der Waals surface area contributed by atoms with Crippen molar-refractivity contribution in [2.45, 2.75) is 19.9 Å². The van der Waals surface area contributed by atoms with E-state index >= 15 is 0 Å². The third-order valence-electron chi connectivity index (χ3n) is 4.63. The lowest BCUT2D eigenvalue weighted by Gasteiger charge is -2.22. The van der Waals surface area contributed by atoms with Crippen LogP contribution in [-0.2, 0) is 0 Å². The first-order valence-electron chi connectivity index (χ1n) is 8.82. The van der Waals surface area contributed by atoms with Gasteiger partial charge in [-0.3, -0.25) is 4.79 Å². The predicted octanol–water partition coefficient (Wildman–Crippen LogP) is 3.94. The number of anilines is 1. The summed E-state index contributed by atoms with van der Waals surface area (Å²) in [7, 11) is 5.77. The smallest absolute Gasteiger partial charge is 0.254 e. The summed E-state index contributed by atoms with van der Waals surface area (Å²) in [4.78, 5) is 20.7. The van der Waals surface area contributed by atoms with Crippen LogP contribution in [0.25, 0.3) is 11.1 Å². The number of rotatable bonds is 5. The minimum absolute atomic E-state index is 0.0908. The van der Waals surface area contributed by atoms with Gasteiger partial charge in [-0.1, -0.05) is 29.4 Å². The number of amides is 1. The molecular weight excluding hydrogens is 340 g/mol. The van der Waals surface area contributed by atoms with E-state index in [9.17, 15) is 4.79 Å². The van der Waals surface area contributed by atoms with Gasteiger partial charge in [-0.25, -0.2) is 0 Å². The number of aryl methyl sites for hydroxylation is 1. The Hall–Kier alpha value is -3.15. The lowest BCUT2D eigenvalue weighted by atomic mass is 10.0. The van der Waals surface area contributed by atoms with Gasteiger partial charge in [-0.15, -0.1) is 0 Å². The molecule has 0 fully saturated rings. The van der Waals surface area contributed by atoms with E-state index < -0.39 is 0 Å². The quantitative estimate of drug-likeness (QED) is 0.686. The molecule has 0 bridgehead atoms. The van der Waals surface area contributed by atoms with Crippen LogP contribution in [0, 0.1) is 6.92 Å². The van der Waals surface area contributed by atoms with Gasteiger partial charge < -0.3 is 14.3 Å². The van der Waals surface area contributed by atoms with Crippen LogP contribution in [0.2, 0.25) is 0 Å². The molecule has 0 spiro atoms. The van der Waals surface area contributed by atoms with Crippen LogP contribution in [-0.4, -0.2) is 42.1 Å². The molecule has 3 rings (SSSR count). The number of hydrogen-bond donors (Lipinski definition) is 0. The third-order valence-corrected chi connectivity index (χ3v) is 4.63. The van der Waals surface area contributed by atoms with Crippen LogP contribution in [0.3, 0.4) is 0 Å². The lowest BCUT2D eigenvalue weighted by molar-refractivity contribution is 0.0716. The highest BCUT2D eigenvalue weighted by Crippen LogP contribution is 2.25. The molecule has 140 valence electrons. The Balaban J connectivity index is 1.78. The highest BCUT2D eigenvalue weighted by Gasteiger charge is 2.23. The first-order chi connectivity index (χ1) is 12.9. The molecule has 6 nitrogen and oxygen atoms in total. The van der Waals surface area contributed by atoms with Gasteiger partial charge in [-0.2, -0.15) is 4.98 Å². The van der Waals surface area contributed by atoms with Crippen molar-refractivity contribution in [3.05, 3.63) is 65.8 Å². The summed E-state index contributed by atoms with van der Waals surface area (Å²) in [5, 5.41) is 3.79. The summed E-state index contributed by atoms with van der Waals surface area (Å²) in [6.07, 6.45) is 0. The maximum Gasteiger partial charge on any atom is 0.254 e. The molecule has 0 saturated heterocycles. The second kappa shape index (κ2) is 7.61. The van der Waals surface area contributed by atoms with Gasteiger partial charge in [0.05, 0.1) is 0 Å². The Morgan fingerprint density at radius 3 is 2.33 bits per heavy atom. The fraction of sp³-hybridized carbons (Fsp3) is 0.286. The van der Waals surface area contributed by atoms with Gasteiger partial charge in [0.2, 0.25) is 5.89 Å². The lowest BCUT2D eigenvalue weighted by Crippen LogP contribution is -2.29. The Morgan fingerprint density at radius 1 is 1.04 bits per heavy atom. The first-order valence-corrected chi connectivity index (χ1v) is 8.82. The summed E-state index contributed by atoms with van der Waals surface area (Å²) in [6, 6.07) is 15.6. The molecular formula is C21H24N4O2. The van der Waals surface area contributed by atoms with Gasteiger partial charge in [-0.05, 0) is 49.2 Å². The van der Waals surface area contributed by atoms with Crippen molar-refractivity contribution in [2.24, 2.45) is 0 Å². The van der Waals surface area contributed by atoms with Crippen molar-refractivity contribution in [2.75, 3.05) is 26.0 Å². The van der Waals surface area contributed by atoms with E-state index in [1.54, 1.807) is 18.9 Å².